The topological polar surface area (TPSA) is 18.5 Å². The van der Waals surface area contributed by atoms with Crippen LogP contribution in [-0.4, -0.2) is 17.0 Å². The summed E-state index contributed by atoms with van der Waals surface area (Å²) >= 11 is 2.13. The summed E-state index contributed by atoms with van der Waals surface area (Å²) in [6.45, 7) is 7.20. The highest BCUT2D eigenvalue weighted by Gasteiger charge is 2.18. The number of alkyl halides is 1. The molecule has 0 aliphatic rings. The maximum absolute atomic E-state index is 5.23. The molecule has 3 heteroatoms. The van der Waals surface area contributed by atoms with Crippen molar-refractivity contribution < 1.29 is 9.47 Å². The summed E-state index contributed by atoms with van der Waals surface area (Å²) < 4.78 is 10.0. The Kier molecular flexibility index (Phi) is 4.79. The van der Waals surface area contributed by atoms with E-state index in [1.165, 1.54) is 0 Å². The summed E-state index contributed by atoms with van der Waals surface area (Å²) in [7, 11) is 0. The van der Waals surface area contributed by atoms with Crippen LogP contribution in [0, 0.1) is 0 Å². The van der Waals surface area contributed by atoms with Crippen molar-refractivity contribution in [2.45, 2.75) is 24.6 Å². The van der Waals surface area contributed by atoms with Crippen LogP contribution >= 0.6 is 22.6 Å². The van der Waals surface area contributed by atoms with Gasteiger partial charge in [0.25, 0.3) is 0 Å². The molecule has 0 bridgehead atoms. The van der Waals surface area contributed by atoms with Gasteiger partial charge in [0.1, 0.15) is 0 Å². The Bertz CT molecular complexity index is 65.5. The maximum atomic E-state index is 5.23. The van der Waals surface area contributed by atoms with Gasteiger partial charge in [-0.15, -0.1) is 0 Å². The summed E-state index contributed by atoms with van der Waals surface area (Å²) in [6, 6.07) is 0. The van der Waals surface area contributed by atoms with Crippen LogP contribution in [0.4, 0.5) is 0 Å². The van der Waals surface area contributed by atoms with E-state index in [9.17, 15) is 0 Å². The lowest BCUT2D eigenvalue weighted by atomic mass is 10.7. The van der Waals surface area contributed by atoms with Gasteiger partial charge in [-0.2, -0.15) is 0 Å². The normalized spacial score (nSPS) is 12.0. The minimum absolute atomic E-state index is 0.429. The number of ether oxygens (including phenoxy) is 2. The zero-order chi connectivity index (χ0) is 7.33. The van der Waals surface area contributed by atoms with Crippen molar-refractivity contribution in [1.29, 1.82) is 0 Å². The fourth-order valence-corrected chi connectivity index (χ4v) is 1.18. The molecule has 0 spiro atoms. The predicted molar refractivity (Wildman–Crippen MR) is 45.7 cm³/mol. The average molecular weight is 244 g/mol. The Morgan fingerprint density at radius 1 is 1.22 bits per heavy atom. The van der Waals surface area contributed by atoms with Gasteiger partial charge in [-0.05, 0) is 43.4 Å². The van der Waals surface area contributed by atoms with Gasteiger partial charge in [0, 0.05) is 13.2 Å². The largest absolute Gasteiger partial charge is 0.342 e. The molecule has 0 unspecified atom stereocenters. The molecule has 56 valence electrons. The van der Waals surface area contributed by atoms with Gasteiger partial charge in [0.05, 0.1) is 0 Å². The van der Waals surface area contributed by atoms with E-state index < -0.39 is 3.79 Å². The summed E-state index contributed by atoms with van der Waals surface area (Å²) in [5.41, 5.74) is 0. The number of hydrogen-bond acceptors (Lipinski definition) is 2. The Morgan fingerprint density at radius 2 is 1.56 bits per heavy atom. The Morgan fingerprint density at radius 3 is 1.78 bits per heavy atom. The van der Waals surface area contributed by atoms with E-state index in [-0.39, 0.29) is 0 Å². The molecule has 0 aromatic heterocycles. The second-order valence-corrected chi connectivity index (χ2v) is 3.66. The first-order valence-electron chi connectivity index (χ1n) is 3.09. The van der Waals surface area contributed by atoms with Gasteiger partial charge in [0.2, 0.25) is 3.79 Å². The van der Waals surface area contributed by atoms with Crippen LogP contribution in [0.5, 0.6) is 0 Å². The van der Waals surface area contributed by atoms with Crippen LogP contribution in [0.15, 0.2) is 0 Å². The Labute approximate surface area is 70.1 Å². The summed E-state index contributed by atoms with van der Waals surface area (Å²) in [6.07, 6.45) is 0. The van der Waals surface area contributed by atoms with E-state index >= 15 is 0 Å². The highest BCUT2D eigenvalue weighted by Crippen LogP contribution is 2.20. The lowest BCUT2D eigenvalue weighted by molar-refractivity contribution is -0.138. The number of hydrogen-bond donors (Lipinski definition) is 0. The fraction of sp³-hybridized carbons (Fsp3) is 1.00. The third kappa shape index (κ3) is 5.11. The van der Waals surface area contributed by atoms with Gasteiger partial charge in [-0.1, -0.05) is 0 Å². The van der Waals surface area contributed by atoms with Gasteiger partial charge in [0.15, 0.2) is 0 Å². The first-order chi connectivity index (χ1) is 4.12. The zero-order valence-corrected chi connectivity index (χ0v) is 8.27. The molecule has 0 heterocycles. The van der Waals surface area contributed by atoms with Gasteiger partial charge in [-0.3, -0.25) is 0 Å². The van der Waals surface area contributed by atoms with E-state index in [1.807, 2.05) is 20.8 Å². The molecular formula is C6H13IO2. The maximum Gasteiger partial charge on any atom is 0.218 e. The Balaban J connectivity index is 3.43. The average Bonchev–Trinajstić information content (AvgIpc) is 1.64. The van der Waals surface area contributed by atoms with Gasteiger partial charge in [-0.25, -0.2) is 0 Å². The molecule has 0 rings (SSSR count). The molecular weight excluding hydrogens is 231 g/mol. The van der Waals surface area contributed by atoms with Crippen molar-refractivity contribution >= 4 is 22.6 Å². The van der Waals surface area contributed by atoms with Gasteiger partial charge < -0.3 is 9.47 Å². The van der Waals surface area contributed by atoms with Crippen molar-refractivity contribution in [3.8, 4) is 0 Å². The highest BCUT2D eigenvalue weighted by atomic mass is 127. The molecule has 0 aromatic carbocycles. The van der Waals surface area contributed by atoms with E-state index in [0.29, 0.717) is 13.2 Å². The van der Waals surface area contributed by atoms with E-state index in [1.54, 1.807) is 0 Å². The monoisotopic (exact) mass is 244 g/mol. The molecule has 0 saturated carbocycles. The summed E-state index contributed by atoms with van der Waals surface area (Å²) in [5, 5.41) is 0. The Hall–Kier alpha value is 0.650. The molecule has 0 N–H and O–H groups in total. The minimum atomic E-state index is -0.429. The van der Waals surface area contributed by atoms with E-state index in [4.69, 9.17) is 9.47 Å². The third-order valence-electron chi connectivity index (χ3n) is 0.804. The van der Waals surface area contributed by atoms with Crippen LogP contribution in [0.3, 0.4) is 0 Å². The third-order valence-corrected chi connectivity index (χ3v) is 1.43. The molecule has 0 atom stereocenters. The minimum Gasteiger partial charge on any atom is -0.342 e. The molecule has 0 saturated heterocycles. The zero-order valence-electron chi connectivity index (χ0n) is 6.11. The van der Waals surface area contributed by atoms with Crippen molar-refractivity contribution in [2.24, 2.45) is 0 Å². The molecule has 0 amide bonds. The van der Waals surface area contributed by atoms with E-state index in [0.717, 1.165) is 0 Å². The molecule has 0 aliphatic heterocycles. The number of halogens is 1. The molecule has 2 nitrogen and oxygen atoms in total. The summed E-state index contributed by atoms with van der Waals surface area (Å²) in [5.74, 6) is 0. The van der Waals surface area contributed by atoms with Crippen LogP contribution in [0.2, 0.25) is 0 Å². The SMILES string of the molecule is CCOC(C)(I)OCC. The quantitative estimate of drug-likeness (QED) is 0.428. The smallest absolute Gasteiger partial charge is 0.218 e. The van der Waals surface area contributed by atoms with Crippen molar-refractivity contribution in [1.82, 2.24) is 0 Å². The molecule has 0 fully saturated rings. The second kappa shape index (κ2) is 4.46. The van der Waals surface area contributed by atoms with Crippen molar-refractivity contribution in [3.63, 3.8) is 0 Å². The van der Waals surface area contributed by atoms with Crippen LogP contribution in [0.25, 0.3) is 0 Å². The molecule has 0 aromatic rings. The standard InChI is InChI=1S/C6H13IO2/c1-4-8-6(3,7)9-5-2/h4-5H2,1-3H3. The van der Waals surface area contributed by atoms with Crippen LogP contribution < -0.4 is 0 Å². The van der Waals surface area contributed by atoms with Crippen LogP contribution in [-0.2, 0) is 9.47 Å². The first kappa shape index (κ1) is 9.65. The van der Waals surface area contributed by atoms with Gasteiger partial charge >= 0.3 is 0 Å². The number of rotatable bonds is 4. The fourth-order valence-electron chi connectivity index (χ4n) is 0.557. The van der Waals surface area contributed by atoms with Crippen molar-refractivity contribution in [3.05, 3.63) is 0 Å². The van der Waals surface area contributed by atoms with Crippen molar-refractivity contribution in [2.75, 3.05) is 13.2 Å². The van der Waals surface area contributed by atoms with Crippen LogP contribution in [0.1, 0.15) is 20.8 Å². The molecule has 0 radical (unpaired) electrons. The lowest BCUT2D eigenvalue weighted by Crippen LogP contribution is -2.24. The van der Waals surface area contributed by atoms with E-state index in [2.05, 4.69) is 22.6 Å². The first-order valence-corrected chi connectivity index (χ1v) is 4.17. The molecule has 9 heavy (non-hydrogen) atoms. The highest BCUT2D eigenvalue weighted by molar-refractivity contribution is 14.1. The second-order valence-electron chi connectivity index (χ2n) is 1.70. The summed E-state index contributed by atoms with van der Waals surface area (Å²) in [4.78, 5) is 0. The lowest BCUT2D eigenvalue weighted by Gasteiger charge is -2.21. The molecule has 0 aliphatic carbocycles. The predicted octanol–water partition coefficient (Wildman–Crippen LogP) is 2.17.